The molecule has 8 heteroatoms. The van der Waals surface area contributed by atoms with E-state index in [-0.39, 0.29) is 18.7 Å². The number of urea groups is 1. The molecular formula is C20H29N3O5. The zero-order valence-electron chi connectivity index (χ0n) is 16.3. The molecule has 1 aliphatic heterocycles. The van der Waals surface area contributed by atoms with Gasteiger partial charge in [-0.15, -0.1) is 0 Å². The van der Waals surface area contributed by atoms with Crippen LogP contribution in [0.3, 0.4) is 0 Å². The van der Waals surface area contributed by atoms with Crippen LogP contribution in [0.5, 0.6) is 5.75 Å². The van der Waals surface area contributed by atoms with Crippen LogP contribution >= 0.6 is 0 Å². The fourth-order valence-corrected chi connectivity index (χ4v) is 3.22. The van der Waals surface area contributed by atoms with E-state index in [2.05, 4.69) is 5.32 Å². The van der Waals surface area contributed by atoms with Crippen molar-refractivity contribution >= 4 is 12.0 Å². The summed E-state index contributed by atoms with van der Waals surface area (Å²) in [5.41, 5.74) is 0.961. The number of carboxylic acids is 1. The monoisotopic (exact) mass is 391 g/mol. The van der Waals surface area contributed by atoms with Crippen molar-refractivity contribution < 1.29 is 24.2 Å². The van der Waals surface area contributed by atoms with Gasteiger partial charge in [0.15, 0.2) is 0 Å². The molecule has 2 N–H and O–H groups in total. The number of morpholine rings is 1. The van der Waals surface area contributed by atoms with Crippen molar-refractivity contribution in [2.24, 2.45) is 5.92 Å². The number of para-hydroxylation sites is 1. The first-order valence-corrected chi connectivity index (χ1v) is 9.76. The second kappa shape index (κ2) is 9.75. The standard InChI is InChI=1S/C20H29N3O5/c1-22(13-19(24)25)11-17-12-23(8-9-27-17)20(26)21-10-16-4-2-3-5-18(16)28-14-15-6-7-15/h2-5,15,17H,6-14H2,1H3,(H,21,26)(H,24,25). The molecule has 0 radical (unpaired) electrons. The Hall–Kier alpha value is -2.32. The molecule has 0 spiro atoms. The zero-order chi connectivity index (χ0) is 19.9. The molecule has 154 valence electrons. The SMILES string of the molecule is CN(CC(=O)O)CC1CN(C(=O)NCc2ccccc2OCC2CC2)CCO1. The summed E-state index contributed by atoms with van der Waals surface area (Å²) in [6.07, 6.45) is 2.27. The lowest BCUT2D eigenvalue weighted by Gasteiger charge is -2.34. The van der Waals surface area contributed by atoms with E-state index < -0.39 is 5.97 Å². The molecule has 8 nitrogen and oxygen atoms in total. The summed E-state index contributed by atoms with van der Waals surface area (Å²) in [7, 11) is 1.73. The zero-order valence-corrected chi connectivity index (χ0v) is 16.3. The van der Waals surface area contributed by atoms with Crippen LogP contribution in [-0.4, -0.2) is 79.5 Å². The average Bonchev–Trinajstić information content (AvgIpc) is 3.49. The van der Waals surface area contributed by atoms with E-state index >= 15 is 0 Å². The number of amides is 2. The Labute approximate surface area is 165 Å². The van der Waals surface area contributed by atoms with E-state index in [1.807, 2.05) is 24.3 Å². The predicted octanol–water partition coefficient (Wildman–Crippen LogP) is 1.40. The maximum Gasteiger partial charge on any atom is 0.317 e. The summed E-state index contributed by atoms with van der Waals surface area (Å²) in [5.74, 6) is 0.618. The van der Waals surface area contributed by atoms with Crippen LogP contribution in [-0.2, 0) is 16.1 Å². The molecular weight excluding hydrogens is 362 g/mol. The van der Waals surface area contributed by atoms with Gasteiger partial charge in [-0.2, -0.15) is 0 Å². The number of carbonyl (C=O) groups excluding carboxylic acids is 1. The first-order valence-electron chi connectivity index (χ1n) is 9.76. The first-order chi connectivity index (χ1) is 13.5. The largest absolute Gasteiger partial charge is 0.493 e. The third-order valence-electron chi connectivity index (χ3n) is 4.92. The van der Waals surface area contributed by atoms with Crippen LogP contribution in [0, 0.1) is 5.92 Å². The van der Waals surface area contributed by atoms with Gasteiger partial charge in [0, 0.05) is 31.7 Å². The highest BCUT2D eigenvalue weighted by molar-refractivity contribution is 5.74. The maximum absolute atomic E-state index is 12.6. The van der Waals surface area contributed by atoms with Crippen LogP contribution in [0.25, 0.3) is 0 Å². The minimum Gasteiger partial charge on any atom is -0.493 e. The number of nitrogens with zero attached hydrogens (tertiary/aromatic N) is 2. The van der Waals surface area contributed by atoms with E-state index in [0.29, 0.717) is 38.7 Å². The summed E-state index contributed by atoms with van der Waals surface area (Å²) in [5, 5.41) is 11.8. The number of carbonyl (C=O) groups is 2. The lowest BCUT2D eigenvalue weighted by atomic mass is 10.2. The Kier molecular flexibility index (Phi) is 7.11. The van der Waals surface area contributed by atoms with Gasteiger partial charge in [0.05, 0.1) is 25.9 Å². The normalized spacial score (nSPS) is 19.5. The molecule has 1 saturated carbocycles. The quantitative estimate of drug-likeness (QED) is 0.661. The van der Waals surface area contributed by atoms with Crippen molar-refractivity contribution in [2.75, 3.05) is 46.4 Å². The number of nitrogens with one attached hydrogen (secondary N) is 1. The van der Waals surface area contributed by atoms with Crippen LogP contribution in [0.1, 0.15) is 18.4 Å². The van der Waals surface area contributed by atoms with Crippen LogP contribution < -0.4 is 10.1 Å². The highest BCUT2D eigenvalue weighted by Crippen LogP contribution is 2.30. The van der Waals surface area contributed by atoms with E-state index in [4.69, 9.17) is 14.6 Å². The van der Waals surface area contributed by atoms with Gasteiger partial charge in [0.2, 0.25) is 0 Å². The van der Waals surface area contributed by atoms with E-state index in [1.54, 1.807) is 16.8 Å². The summed E-state index contributed by atoms with van der Waals surface area (Å²) in [6.45, 7) is 2.96. The summed E-state index contributed by atoms with van der Waals surface area (Å²) in [4.78, 5) is 26.8. The van der Waals surface area contributed by atoms with Gasteiger partial charge in [-0.1, -0.05) is 18.2 Å². The van der Waals surface area contributed by atoms with Crippen LogP contribution in [0.2, 0.25) is 0 Å². The van der Waals surface area contributed by atoms with Gasteiger partial charge < -0.3 is 24.8 Å². The Bertz CT molecular complexity index is 680. The number of benzene rings is 1. The molecule has 2 amide bonds. The summed E-state index contributed by atoms with van der Waals surface area (Å²) < 4.78 is 11.6. The van der Waals surface area contributed by atoms with Gasteiger partial charge in [-0.25, -0.2) is 4.79 Å². The van der Waals surface area contributed by atoms with Crippen molar-refractivity contribution in [1.82, 2.24) is 15.1 Å². The number of hydrogen-bond donors (Lipinski definition) is 2. The van der Waals surface area contributed by atoms with Gasteiger partial charge in [-0.3, -0.25) is 9.69 Å². The van der Waals surface area contributed by atoms with E-state index in [9.17, 15) is 9.59 Å². The number of rotatable bonds is 9. The minimum absolute atomic E-state index is 0.0519. The summed E-state index contributed by atoms with van der Waals surface area (Å²) >= 11 is 0. The molecule has 1 aromatic rings. The van der Waals surface area contributed by atoms with Gasteiger partial charge in [-0.05, 0) is 31.9 Å². The third-order valence-corrected chi connectivity index (χ3v) is 4.92. The molecule has 1 atom stereocenters. The Morgan fingerprint density at radius 2 is 2.14 bits per heavy atom. The molecule has 0 aromatic heterocycles. The maximum atomic E-state index is 12.6. The number of likely N-dealkylation sites (N-methyl/N-ethyl adjacent to an activating group) is 1. The average molecular weight is 391 g/mol. The van der Waals surface area contributed by atoms with Crippen LogP contribution in [0.4, 0.5) is 4.79 Å². The van der Waals surface area contributed by atoms with Crippen molar-refractivity contribution in [2.45, 2.75) is 25.5 Å². The van der Waals surface area contributed by atoms with Crippen molar-refractivity contribution in [3.63, 3.8) is 0 Å². The lowest BCUT2D eigenvalue weighted by molar-refractivity contribution is -0.138. The molecule has 28 heavy (non-hydrogen) atoms. The number of carboxylic acid groups (broad SMARTS) is 1. The van der Waals surface area contributed by atoms with Gasteiger partial charge in [0.1, 0.15) is 5.75 Å². The fraction of sp³-hybridized carbons (Fsp3) is 0.600. The molecule has 0 bridgehead atoms. The first kappa shape index (κ1) is 20.4. The van der Waals surface area contributed by atoms with Crippen molar-refractivity contribution in [3.8, 4) is 5.75 Å². The molecule has 1 unspecified atom stereocenters. The second-order valence-corrected chi connectivity index (χ2v) is 7.55. The molecule has 2 aliphatic rings. The van der Waals surface area contributed by atoms with Crippen LogP contribution in [0.15, 0.2) is 24.3 Å². The molecule has 1 aromatic carbocycles. The highest BCUT2D eigenvalue weighted by atomic mass is 16.5. The third kappa shape index (κ3) is 6.38. The topological polar surface area (TPSA) is 91.3 Å². The summed E-state index contributed by atoms with van der Waals surface area (Å²) in [6, 6.07) is 7.63. The molecule has 3 rings (SSSR count). The van der Waals surface area contributed by atoms with E-state index in [0.717, 1.165) is 17.9 Å². The molecule has 2 fully saturated rings. The predicted molar refractivity (Wildman–Crippen MR) is 103 cm³/mol. The van der Waals surface area contributed by atoms with Crippen molar-refractivity contribution in [1.29, 1.82) is 0 Å². The smallest absolute Gasteiger partial charge is 0.317 e. The highest BCUT2D eigenvalue weighted by Gasteiger charge is 2.26. The van der Waals surface area contributed by atoms with Crippen molar-refractivity contribution in [3.05, 3.63) is 29.8 Å². The molecule has 1 aliphatic carbocycles. The Morgan fingerprint density at radius 3 is 2.89 bits per heavy atom. The fourth-order valence-electron chi connectivity index (χ4n) is 3.22. The van der Waals surface area contributed by atoms with Gasteiger partial charge in [0.25, 0.3) is 0 Å². The number of ether oxygens (including phenoxy) is 2. The Morgan fingerprint density at radius 1 is 1.36 bits per heavy atom. The minimum atomic E-state index is -0.879. The Balaban J connectivity index is 1.47. The molecule has 1 heterocycles. The second-order valence-electron chi connectivity index (χ2n) is 7.55. The lowest BCUT2D eigenvalue weighted by Crippen LogP contribution is -2.52. The number of hydrogen-bond acceptors (Lipinski definition) is 5. The van der Waals surface area contributed by atoms with E-state index in [1.165, 1.54) is 12.8 Å². The number of aliphatic carboxylic acids is 1. The molecule has 1 saturated heterocycles. The van der Waals surface area contributed by atoms with Gasteiger partial charge >= 0.3 is 12.0 Å².